The van der Waals surface area contributed by atoms with Crippen LogP contribution in [0, 0.1) is 0 Å². The van der Waals surface area contributed by atoms with E-state index in [2.05, 4.69) is 23.3 Å². The molecule has 9 nitrogen and oxygen atoms in total. The smallest absolute Gasteiger partial charge is 0.426 e. The third-order valence-electron chi connectivity index (χ3n) is 1.83. The number of rotatable bonds is 6. The number of hydrogen-bond donors (Lipinski definition) is 1. The van der Waals surface area contributed by atoms with Gasteiger partial charge in [-0.05, 0) is 0 Å². The summed E-state index contributed by atoms with van der Waals surface area (Å²) in [4.78, 5) is 21.8. The van der Waals surface area contributed by atoms with E-state index in [0.717, 1.165) is 5.09 Å². The van der Waals surface area contributed by atoms with Gasteiger partial charge < -0.3 is 14.2 Å². The molecule has 140 valence electrons. The van der Waals surface area contributed by atoms with Crippen molar-refractivity contribution in [3.8, 4) is 0 Å². The number of nitrogens with one attached hydrogen (secondary N) is 1. The molecule has 0 spiro atoms. The lowest BCUT2D eigenvalue weighted by atomic mass is 10.7. The molecule has 1 atom stereocenters. The zero-order valence-electron chi connectivity index (χ0n) is 11.2. The summed E-state index contributed by atoms with van der Waals surface area (Å²) in [5, 5.41) is 1.08. The van der Waals surface area contributed by atoms with Gasteiger partial charge in [0.1, 0.15) is 0 Å². The first-order valence-corrected chi connectivity index (χ1v) is 7.17. The van der Waals surface area contributed by atoms with E-state index in [1.807, 2.05) is 0 Å². The van der Waals surface area contributed by atoms with Crippen LogP contribution in [0.1, 0.15) is 0 Å². The molecular weight excluding hydrogens is 383 g/mol. The molecule has 1 N–H and O–H groups in total. The van der Waals surface area contributed by atoms with Gasteiger partial charge in [0.15, 0.2) is 19.8 Å². The molecule has 16 heteroatoms. The third kappa shape index (κ3) is 8.21. The highest BCUT2D eigenvalue weighted by Gasteiger charge is 2.41. The summed E-state index contributed by atoms with van der Waals surface area (Å²) in [5.41, 5.74) is 0. The zero-order chi connectivity index (χ0) is 18.6. The van der Waals surface area contributed by atoms with Gasteiger partial charge >= 0.3 is 32.3 Å². The Morgan fingerprint density at radius 1 is 1.17 bits per heavy atom. The fourth-order valence-electron chi connectivity index (χ4n) is 1.05. The first kappa shape index (κ1) is 20.3. The second-order valence-electron chi connectivity index (χ2n) is 3.90. The van der Waals surface area contributed by atoms with Crippen molar-refractivity contribution in [2.24, 2.45) is 0 Å². The van der Waals surface area contributed by atoms with Crippen molar-refractivity contribution in [3.05, 3.63) is 0 Å². The van der Waals surface area contributed by atoms with Gasteiger partial charge in [0, 0.05) is 0 Å². The summed E-state index contributed by atoms with van der Waals surface area (Å²) in [7, 11) is -5.39. The molecule has 1 amide bonds. The van der Waals surface area contributed by atoms with Crippen LogP contribution >= 0.6 is 7.75 Å². The van der Waals surface area contributed by atoms with Crippen molar-refractivity contribution in [2.45, 2.75) is 18.6 Å². The van der Waals surface area contributed by atoms with Crippen LogP contribution in [0.2, 0.25) is 0 Å². The van der Waals surface area contributed by atoms with Gasteiger partial charge in [-0.15, -0.1) is 0 Å². The molecule has 1 fully saturated rings. The van der Waals surface area contributed by atoms with Crippen molar-refractivity contribution in [1.82, 2.24) is 5.09 Å². The van der Waals surface area contributed by atoms with Crippen LogP contribution in [0.25, 0.3) is 0 Å². The summed E-state index contributed by atoms with van der Waals surface area (Å²) in [6.45, 7) is -5.14. The average Bonchev–Trinajstić information content (AvgIpc) is 2.78. The van der Waals surface area contributed by atoms with Gasteiger partial charge in [-0.3, -0.25) is 9.05 Å². The molecule has 1 heterocycles. The molecular formula is C8H8F6NO8P. The molecule has 0 radical (unpaired) electrons. The Bertz CT molecular complexity index is 500. The van der Waals surface area contributed by atoms with Crippen molar-refractivity contribution >= 4 is 20.0 Å². The second kappa shape index (κ2) is 7.44. The SMILES string of the molecule is O=C(NP(=O)(OCC(F)(F)F)OCC(F)(F)F)OC1COC(=O)O1. The van der Waals surface area contributed by atoms with Crippen molar-refractivity contribution in [1.29, 1.82) is 0 Å². The first-order chi connectivity index (χ1) is 10.8. The zero-order valence-corrected chi connectivity index (χ0v) is 12.1. The Morgan fingerprint density at radius 3 is 2.04 bits per heavy atom. The second-order valence-corrected chi connectivity index (χ2v) is 5.64. The van der Waals surface area contributed by atoms with Gasteiger partial charge in [0.05, 0.1) is 0 Å². The maximum Gasteiger partial charge on any atom is 0.511 e. The highest BCUT2D eigenvalue weighted by atomic mass is 31.2. The van der Waals surface area contributed by atoms with E-state index in [9.17, 15) is 40.5 Å². The Balaban J connectivity index is 2.67. The van der Waals surface area contributed by atoms with Crippen LogP contribution in [-0.2, 0) is 27.8 Å². The van der Waals surface area contributed by atoms with Gasteiger partial charge in [0.25, 0.3) is 6.29 Å². The number of cyclic esters (lactones) is 2. The Labute approximate surface area is 128 Å². The monoisotopic (exact) mass is 391 g/mol. The lowest BCUT2D eigenvalue weighted by Gasteiger charge is -2.20. The molecule has 1 saturated heterocycles. The standard InChI is InChI=1S/C8H8F6NO8P/c9-7(10,11)2-20-24(18,21-3-8(12,13)14)15-5(16)22-4-1-19-6(17)23-4/h4H,1-3H2,(H,15,16,18). The molecule has 1 aliphatic heterocycles. The van der Waals surface area contributed by atoms with Crippen LogP contribution in [-0.4, -0.2) is 50.7 Å². The van der Waals surface area contributed by atoms with Gasteiger partial charge in [0.2, 0.25) is 0 Å². The Kier molecular flexibility index (Phi) is 6.30. The molecule has 0 bridgehead atoms. The van der Waals surface area contributed by atoms with E-state index in [4.69, 9.17) is 0 Å². The Hall–Kier alpha value is -1.73. The van der Waals surface area contributed by atoms with Crippen LogP contribution in [0.5, 0.6) is 0 Å². The summed E-state index contributed by atoms with van der Waals surface area (Å²) in [6, 6.07) is 0. The van der Waals surface area contributed by atoms with Crippen LogP contribution in [0.3, 0.4) is 0 Å². The van der Waals surface area contributed by atoms with E-state index < -0.39 is 58.5 Å². The van der Waals surface area contributed by atoms with E-state index in [-0.39, 0.29) is 0 Å². The minimum atomic E-state index is -5.39. The third-order valence-corrected chi connectivity index (χ3v) is 3.22. The fourth-order valence-corrected chi connectivity index (χ4v) is 2.16. The van der Waals surface area contributed by atoms with E-state index in [1.165, 1.54) is 0 Å². The maximum atomic E-state index is 12.0. The number of alkyl halides is 6. The number of amides is 1. The normalized spacial score (nSPS) is 18.8. The molecule has 1 aliphatic rings. The summed E-state index contributed by atoms with van der Waals surface area (Å²) < 4.78 is 104. The first-order valence-electron chi connectivity index (χ1n) is 5.63. The molecule has 1 rings (SSSR count). The minimum Gasteiger partial charge on any atom is -0.426 e. The molecule has 0 aliphatic carbocycles. The van der Waals surface area contributed by atoms with E-state index in [1.54, 1.807) is 0 Å². The average molecular weight is 391 g/mol. The van der Waals surface area contributed by atoms with Crippen LogP contribution in [0.4, 0.5) is 35.9 Å². The highest BCUT2D eigenvalue weighted by molar-refractivity contribution is 7.52. The number of halogens is 6. The van der Waals surface area contributed by atoms with E-state index in [0.29, 0.717) is 0 Å². The predicted octanol–water partition coefficient (Wildman–Crippen LogP) is 2.47. The highest BCUT2D eigenvalue weighted by Crippen LogP contribution is 2.46. The summed E-state index contributed by atoms with van der Waals surface area (Å²) in [6.07, 6.45) is -14.9. The van der Waals surface area contributed by atoms with Crippen molar-refractivity contribution in [2.75, 3.05) is 19.8 Å². The number of hydrogen-bond acceptors (Lipinski definition) is 8. The predicted molar refractivity (Wildman–Crippen MR) is 57.5 cm³/mol. The van der Waals surface area contributed by atoms with Crippen LogP contribution in [0.15, 0.2) is 0 Å². The number of carbonyl (C=O) groups is 2. The lowest BCUT2D eigenvalue weighted by Crippen LogP contribution is -2.31. The minimum absolute atomic E-state index is 0.594. The topological polar surface area (TPSA) is 109 Å². The molecule has 0 aromatic heterocycles. The molecule has 0 aromatic rings. The lowest BCUT2D eigenvalue weighted by molar-refractivity contribution is -0.166. The fraction of sp³-hybridized carbons (Fsp3) is 0.750. The molecule has 24 heavy (non-hydrogen) atoms. The van der Waals surface area contributed by atoms with Crippen molar-refractivity contribution < 1.29 is 63.8 Å². The van der Waals surface area contributed by atoms with Crippen LogP contribution < -0.4 is 5.09 Å². The largest absolute Gasteiger partial charge is 0.511 e. The summed E-state index contributed by atoms with van der Waals surface area (Å²) >= 11 is 0. The van der Waals surface area contributed by atoms with Crippen molar-refractivity contribution in [3.63, 3.8) is 0 Å². The maximum absolute atomic E-state index is 12.0. The summed E-state index contributed by atoms with van der Waals surface area (Å²) in [5.74, 6) is 0. The van der Waals surface area contributed by atoms with Gasteiger partial charge in [-0.2, -0.15) is 26.3 Å². The van der Waals surface area contributed by atoms with Gasteiger partial charge in [-0.25, -0.2) is 19.2 Å². The van der Waals surface area contributed by atoms with Gasteiger partial charge in [-0.1, -0.05) is 0 Å². The van der Waals surface area contributed by atoms with E-state index >= 15 is 0 Å². The Morgan fingerprint density at radius 2 is 1.67 bits per heavy atom. The number of carbonyl (C=O) groups excluding carboxylic acids is 2. The molecule has 0 aromatic carbocycles. The quantitative estimate of drug-likeness (QED) is 0.418. The molecule has 0 saturated carbocycles. The number of ether oxygens (including phenoxy) is 3. The molecule has 1 unspecified atom stereocenters.